The van der Waals surface area contributed by atoms with Gasteiger partial charge in [-0.3, -0.25) is 4.79 Å². The van der Waals surface area contributed by atoms with Crippen LogP contribution in [-0.2, 0) is 10.2 Å². The fraction of sp³-hybridized carbons (Fsp3) is 0.381. The molecular weight excluding hydrogens is 314 g/mol. The maximum absolute atomic E-state index is 11.8. The number of carbonyl (C=O) groups is 1. The first kappa shape index (κ1) is 18.8. The number of ether oxygens (including phenoxy) is 2. The van der Waals surface area contributed by atoms with E-state index in [0.29, 0.717) is 18.9 Å². The van der Waals surface area contributed by atoms with Crippen molar-refractivity contribution in [2.24, 2.45) is 0 Å². The summed E-state index contributed by atoms with van der Waals surface area (Å²) in [6.45, 7) is 9.38. The van der Waals surface area contributed by atoms with Crippen molar-refractivity contribution >= 4 is 5.91 Å². The van der Waals surface area contributed by atoms with Crippen molar-refractivity contribution in [1.82, 2.24) is 5.32 Å². The first-order valence-corrected chi connectivity index (χ1v) is 8.54. The zero-order valence-electron chi connectivity index (χ0n) is 15.5. The van der Waals surface area contributed by atoms with E-state index < -0.39 is 0 Å². The summed E-state index contributed by atoms with van der Waals surface area (Å²) in [5, 5.41) is 2.78. The number of hydrogen-bond donors (Lipinski definition) is 1. The van der Waals surface area contributed by atoms with Crippen LogP contribution in [0.1, 0.15) is 31.9 Å². The lowest BCUT2D eigenvalue weighted by Gasteiger charge is -2.19. The van der Waals surface area contributed by atoms with E-state index in [1.165, 1.54) is 5.56 Å². The lowest BCUT2D eigenvalue weighted by Crippen LogP contribution is -2.32. The van der Waals surface area contributed by atoms with Crippen molar-refractivity contribution in [1.29, 1.82) is 0 Å². The third-order valence-electron chi connectivity index (χ3n) is 3.77. The van der Waals surface area contributed by atoms with Gasteiger partial charge in [0.15, 0.2) is 6.61 Å². The number of aryl methyl sites for hydroxylation is 1. The lowest BCUT2D eigenvalue weighted by molar-refractivity contribution is -0.123. The predicted molar refractivity (Wildman–Crippen MR) is 100 cm³/mol. The molecular formula is C21H27NO3. The molecule has 0 atom stereocenters. The highest BCUT2D eigenvalue weighted by atomic mass is 16.5. The van der Waals surface area contributed by atoms with Crippen LogP contribution in [0.25, 0.3) is 0 Å². The fourth-order valence-corrected chi connectivity index (χ4v) is 2.32. The van der Waals surface area contributed by atoms with E-state index in [1.807, 2.05) is 43.3 Å². The summed E-state index contributed by atoms with van der Waals surface area (Å²) in [6, 6.07) is 15.7. The largest absolute Gasteiger partial charge is 0.492 e. The number of benzene rings is 2. The summed E-state index contributed by atoms with van der Waals surface area (Å²) in [5.41, 5.74) is 2.49. The van der Waals surface area contributed by atoms with Crippen LogP contribution in [-0.4, -0.2) is 25.7 Å². The van der Waals surface area contributed by atoms with Crippen molar-refractivity contribution in [3.8, 4) is 11.5 Å². The monoisotopic (exact) mass is 341 g/mol. The van der Waals surface area contributed by atoms with Gasteiger partial charge in [-0.1, -0.05) is 45.0 Å². The van der Waals surface area contributed by atoms with Crippen molar-refractivity contribution in [2.75, 3.05) is 19.8 Å². The zero-order valence-corrected chi connectivity index (χ0v) is 15.5. The predicted octanol–water partition coefficient (Wildman–Crippen LogP) is 3.87. The summed E-state index contributed by atoms with van der Waals surface area (Å²) in [6.07, 6.45) is 0. The van der Waals surface area contributed by atoms with Crippen LogP contribution in [0.2, 0.25) is 0 Å². The van der Waals surface area contributed by atoms with Gasteiger partial charge in [0.25, 0.3) is 5.91 Å². The minimum Gasteiger partial charge on any atom is -0.492 e. The Morgan fingerprint density at radius 1 is 1.00 bits per heavy atom. The van der Waals surface area contributed by atoms with E-state index in [9.17, 15) is 4.79 Å². The van der Waals surface area contributed by atoms with Gasteiger partial charge in [-0.2, -0.15) is 0 Å². The molecule has 0 aromatic heterocycles. The maximum atomic E-state index is 11.8. The molecule has 0 aliphatic heterocycles. The van der Waals surface area contributed by atoms with Gasteiger partial charge in [0.2, 0.25) is 0 Å². The molecule has 4 nitrogen and oxygen atoms in total. The topological polar surface area (TPSA) is 47.6 Å². The van der Waals surface area contributed by atoms with Gasteiger partial charge < -0.3 is 14.8 Å². The molecule has 134 valence electrons. The SMILES string of the molecule is Cc1cccc(OCC(=O)NCCOc2ccc(C(C)(C)C)cc2)c1. The fourth-order valence-electron chi connectivity index (χ4n) is 2.32. The van der Waals surface area contributed by atoms with Crippen LogP contribution in [0, 0.1) is 6.92 Å². The number of nitrogens with one attached hydrogen (secondary N) is 1. The maximum Gasteiger partial charge on any atom is 0.258 e. The number of amides is 1. The van der Waals surface area contributed by atoms with E-state index in [2.05, 4.69) is 38.2 Å². The molecule has 0 radical (unpaired) electrons. The van der Waals surface area contributed by atoms with Gasteiger partial charge >= 0.3 is 0 Å². The lowest BCUT2D eigenvalue weighted by atomic mass is 9.87. The third-order valence-corrected chi connectivity index (χ3v) is 3.77. The van der Waals surface area contributed by atoms with E-state index in [0.717, 1.165) is 11.3 Å². The Bertz CT molecular complexity index is 687. The Hall–Kier alpha value is -2.49. The highest BCUT2D eigenvalue weighted by Crippen LogP contribution is 2.24. The molecule has 2 aromatic carbocycles. The number of hydrogen-bond acceptors (Lipinski definition) is 3. The first-order valence-electron chi connectivity index (χ1n) is 8.54. The van der Waals surface area contributed by atoms with Gasteiger partial charge in [0, 0.05) is 0 Å². The van der Waals surface area contributed by atoms with Crippen LogP contribution < -0.4 is 14.8 Å². The van der Waals surface area contributed by atoms with Crippen LogP contribution in [0.5, 0.6) is 11.5 Å². The Balaban J connectivity index is 1.66. The average Bonchev–Trinajstić information content (AvgIpc) is 2.57. The Labute approximate surface area is 150 Å². The van der Waals surface area contributed by atoms with Crippen LogP contribution >= 0.6 is 0 Å². The molecule has 1 N–H and O–H groups in total. The van der Waals surface area contributed by atoms with Gasteiger partial charge in [-0.25, -0.2) is 0 Å². The molecule has 0 aliphatic carbocycles. The normalized spacial score (nSPS) is 11.0. The van der Waals surface area contributed by atoms with Crippen molar-refractivity contribution in [3.63, 3.8) is 0 Å². The second-order valence-electron chi connectivity index (χ2n) is 7.08. The minimum absolute atomic E-state index is 0.00370. The molecule has 0 heterocycles. The highest BCUT2D eigenvalue weighted by molar-refractivity contribution is 5.77. The molecule has 2 rings (SSSR count). The molecule has 0 unspecified atom stereocenters. The van der Waals surface area contributed by atoms with Gasteiger partial charge in [-0.15, -0.1) is 0 Å². The zero-order chi connectivity index (χ0) is 18.3. The van der Waals surface area contributed by atoms with E-state index in [-0.39, 0.29) is 17.9 Å². The van der Waals surface area contributed by atoms with E-state index in [1.54, 1.807) is 0 Å². The quantitative estimate of drug-likeness (QED) is 0.778. The molecule has 0 aliphatic rings. The molecule has 2 aromatic rings. The molecule has 1 amide bonds. The van der Waals surface area contributed by atoms with Crippen molar-refractivity contribution in [2.45, 2.75) is 33.1 Å². The number of carbonyl (C=O) groups excluding carboxylic acids is 1. The summed E-state index contributed by atoms with van der Waals surface area (Å²) >= 11 is 0. The minimum atomic E-state index is -0.159. The van der Waals surface area contributed by atoms with Crippen LogP contribution in [0.3, 0.4) is 0 Å². The third kappa shape index (κ3) is 6.49. The Kier molecular flexibility index (Phi) is 6.45. The van der Waals surface area contributed by atoms with Gasteiger partial charge in [0.05, 0.1) is 6.54 Å². The molecule has 0 spiro atoms. The molecule has 0 bridgehead atoms. The summed E-state index contributed by atoms with van der Waals surface area (Å²) in [5.74, 6) is 1.34. The molecule has 4 heteroatoms. The van der Waals surface area contributed by atoms with Crippen LogP contribution in [0.4, 0.5) is 0 Å². The Morgan fingerprint density at radius 3 is 2.36 bits per heavy atom. The summed E-state index contributed by atoms with van der Waals surface area (Å²) < 4.78 is 11.1. The summed E-state index contributed by atoms with van der Waals surface area (Å²) in [4.78, 5) is 11.8. The standard InChI is InChI=1S/C21H27NO3/c1-16-6-5-7-19(14-16)25-15-20(23)22-12-13-24-18-10-8-17(9-11-18)21(2,3)4/h5-11,14H,12-13,15H2,1-4H3,(H,22,23). The smallest absolute Gasteiger partial charge is 0.258 e. The highest BCUT2D eigenvalue weighted by Gasteiger charge is 2.12. The van der Waals surface area contributed by atoms with E-state index in [4.69, 9.17) is 9.47 Å². The Morgan fingerprint density at radius 2 is 1.72 bits per heavy atom. The van der Waals surface area contributed by atoms with Gasteiger partial charge in [0.1, 0.15) is 18.1 Å². The molecule has 0 saturated heterocycles. The number of rotatable bonds is 7. The molecule has 25 heavy (non-hydrogen) atoms. The van der Waals surface area contributed by atoms with Crippen molar-refractivity contribution in [3.05, 3.63) is 59.7 Å². The summed E-state index contributed by atoms with van der Waals surface area (Å²) in [7, 11) is 0. The van der Waals surface area contributed by atoms with Crippen LogP contribution in [0.15, 0.2) is 48.5 Å². The van der Waals surface area contributed by atoms with Gasteiger partial charge in [-0.05, 0) is 47.7 Å². The molecule has 0 saturated carbocycles. The molecule has 0 fully saturated rings. The second kappa shape index (κ2) is 8.56. The van der Waals surface area contributed by atoms with Crippen molar-refractivity contribution < 1.29 is 14.3 Å². The van der Waals surface area contributed by atoms with E-state index >= 15 is 0 Å². The average molecular weight is 341 g/mol. The first-order chi connectivity index (χ1) is 11.8. The second-order valence-corrected chi connectivity index (χ2v) is 7.08.